The molecule has 3 rings (SSSR count). The van der Waals surface area contributed by atoms with E-state index in [0.29, 0.717) is 10.5 Å². The van der Waals surface area contributed by atoms with Crippen LogP contribution in [0.25, 0.3) is 0 Å². The van der Waals surface area contributed by atoms with Crippen molar-refractivity contribution in [3.63, 3.8) is 0 Å². The van der Waals surface area contributed by atoms with Gasteiger partial charge >= 0.3 is 6.03 Å². The number of benzene rings is 2. The molecule has 32 heavy (non-hydrogen) atoms. The minimum atomic E-state index is -1.37. The van der Waals surface area contributed by atoms with Gasteiger partial charge in [0.1, 0.15) is 5.69 Å². The molecule has 7 nitrogen and oxygen atoms in total. The van der Waals surface area contributed by atoms with Crippen LogP contribution in [0.3, 0.4) is 0 Å². The Morgan fingerprint density at radius 2 is 1.62 bits per heavy atom. The third kappa shape index (κ3) is 4.55. The topological polar surface area (TPSA) is 114 Å². The van der Waals surface area contributed by atoms with E-state index in [9.17, 15) is 18.4 Å². The van der Waals surface area contributed by atoms with Crippen molar-refractivity contribution < 1.29 is 18.4 Å². The van der Waals surface area contributed by atoms with Gasteiger partial charge in [-0.1, -0.05) is 30.0 Å². The first-order chi connectivity index (χ1) is 15.2. The number of nitrogens with two attached hydrogens (primary N) is 1. The van der Waals surface area contributed by atoms with Crippen LogP contribution in [0, 0.1) is 34.3 Å². The normalized spacial score (nSPS) is 17.7. The summed E-state index contributed by atoms with van der Waals surface area (Å²) < 4.78 is 29.5. The lowest BCUT2D eigenvalue weighted by Crippen LogP contribution is -2.65. The molecule has 1 fully saturated rings. The second-order valence-electron chi connectivity index (χ2n) is 6.98. The van der Waals surface area contributed by atoms with Crippen LogP contribution in [0.1, 0.15) is 24.5 Å². The average molecular weight is 439 g/mol. The molecule has 2 aromatic carbocycles. The Labute approximate surface area is 184 Å². The molecule has 1 aliphatic heterocycles. The van der Waals surface area contributed by atoms with Crippen LogP contribution < -0.4 is 10.6 Å². The molecule has 0 spiro atoms. The molecule has 0 radical (unpaired) electrons. The van der Waals surface area contributed by atoms with Crippen LogP contribution in [0.15, 0.2) is 42.5 Å². The van der Waals surface area contributed by atoms with E-state index in [0.717, 1.165) is 23.2 Å². The number of nitrogens with one attached hydrogen (secondary N) is 2. The quantitative estimate of drug-likeness (QED) is 0.504. The molecule has 0 bridgehead atoms. The third-order valence-corrected chi connectivity index (χ3v) is 5.05. The second-order valence-corrected chi connectivity index (χ2v) is 6.98. The number of nitrogens with zero attached hydrogens (tertiary/aromatic N) is 2. The summed E-state index contributed by atoms with van der Waals surface area (Å²) in [4.78, 5) is 26.9. The summed E-state index contributed by atoms with van der Waals surface area (Å²) in [5, 5.41) is 15.1. The first-order valence-electron chi connectivity index (χ1n) is 9.53. The zero-order chi connectivity index (χ0) is 24.1. The Bertz CT molecular complexity index is 1100. The summed E-state index contributed by atoms with van der Waals surface area (Å²) >= 11 is 0. The third-order valence-electron chi connectivity index (χ3n) is 5.05. The van der Waals surface area contributed by atoms with Crippen molar-refractivity contribution in [3.8, 4) is 11.8 Å². The fraction of sp³-hybridized carbons (Fsp3) is 0.217. The molecule has 166 valence electrons. The lowest BCUT2D eigenvalue weighted by atomic mass is 9.87. The summed E-state index contributed by atoms with van der Waals surface area (Å²) in [6.07, 6.45) is 0.339. The number of urea groups is 1. The number of anilines is 1. The molecule has 2 aromatic rings. The highest BCUT2D eigenvalue weighted by molar-refractivity contribution is 6.34. The largest absolute Gasteiger partial charge is 0.333 e. The summed E-state index contributed by atoms with van der Waals surface area (Å²) in [5.41, 5.74) is 2.79. The molecule has 4 N–H and O–H groups in total. The maximum absolute atomic E-state index is 14.8. The number of imide groups is 1. The van der Waals surface area contributed by atoms with Crippen LogP contribution in [-0.2, 0) is 4.79 Å². The van der Waals surface area contributed by atoms with Crippen molar-refractivity contribution in [3.05, 3.63) is 65.2 Å². The van der Waals surface area contributed by atoms with E-state index in [-0.39, 0.29) is 11.3 Å². The molecule has 1 atom stereocenters. The van der Waals surface area contributed by atoms with Gasteiger partial charge in [0.25, 0.3) is 0 Å². The average Bonchev–Trinajstić information content (AvgIpc) is 2.79. The van der Waals surface area contributed by atoms with E-state index in [1.165, 1.54) is 21.0 Å². The lowest BCUT2D eigenvalue weighted by molar-refractivity contribution is -0.120. The number of carbonyl (C=O) groups excluding carboxylic acids is 2. The van der Waals surface area contributed by atoms with Gasteiger partial charge in [0.15, 0.2) is 11.6 Å². The van der Waals surface area contributed by atoms with Gasteiger partial charge in [-0.2, -0.15) is 0 Å². The molecule has 0 aliphatic carbocycles. The zero-order valence-corrected chi connectivity index (χ0v) is 17.9. The molecular formula is C23H23F2N5O2. The smallest absolute Gasteiger partial charge is 0.332 e. The van der Waals surface area contributed by atoms with Gasteiger partial charge in [-0.15, -0.1) is 0 Å². The van der Waals surface area contributed by atoms with E-state index < -0.39 is 41.2 Å². The molecule has 9 heteroatoms. The SMILES string of the molecule is CN.CN1C(=O)N(c2c(F)cc(C#Cc3ccccc3)cc2F)C(=O)C[C@@]1(C)C(=N)C=N. The van der Waals surface area contributed by atoms with E-state index in [2.05, 4.69) is 17.6 Å². The van der Waals surface area contributed by atoms with E-state index in [1.807, 2.05) is 6.07 Å². The highest BCUT2D eigenvalue weighted by atomic mass is 19.1. The van der Waals surface area contributed by atoms with Gasteiger partial charge in [0, 0.05) is 24.4 Å². The highest BCUT2D eigenvalue weighted by Crippen LogP contribution is 2.33. The Hall–Kier alpha value is -3.90. The number of carbonyl (C=O) groups is 2. The summed E-state index contributed by atoms with van der Waals surface area (Å²) in [6.45, 7) is 1.45. The fourth-order valence-electron chi connectivity index (χ4n) is 3.13. The molecule has 0 unspecified atom stereocenters. The first-order valence-corrected chi connectivity index (χ1v) is 9.53. The van der Waals surface area contributed by atoms with Crippen molar-refractivity contribution >= 4 is 29.6 Å². The second kappa shape index (κ2) is 9.94. The monoisotopic (exact) mass is 439 g/mol. The Morgan fingerprint density at radius 3 is 2.16 bits per heavy atom. The number of hydrogen-bond donors (Lipinski definition) is 3. The molecular weight excluding hydrogens is 416 g/mol. The minimum Gasteiger partial charge on any atom is -0.333 e. The van der Waals surface area contributed by atoms with Crippen LogP contribution in [-0.4, -0.2) is 48.4 Å². The number of amides is 3. The van der Waals surface area contributed by atoms with Gasteiger partial charge in [0.2, 0.25) is 5.91 Å². The Kier molecular flexibility index (Phi) is 7.57. The highest BCUT2D eigenvalue weighted by Gasteiger charge is 2.48. The molecule has 3 amide bonds. The predicted octanol–water partition coefficient (Wildman–Crippen LogP) is 3.16. The molecule has 1 aliphatic rings. The molecule has 0 saturated carbocycles. The summed E-state index contributed by atoms with van der Waals surface area (Å²) in [7, 11) is 2.81. The van der Waals surface area contributed by atoms with Crippen molar-refractivity contribution in [1.29, 1.82) is 10.8 Å². The maximum atomic E-state index is 14.8. The Morgan fingerprint density at radius 1 is 1.09 bits per heavy atom. The van der Waals surface area contributed by atoms with Gasteiger partial charge in [-0.3, -0.25) is 4.79 Å². The van der Waals surface area contributed by atoms with Crippen molar-refractivity contribution in [1.82, 2.24) is 4.90 Å². The first kappa shape index (κ1) is 24.4. The maximum Gasteiger partial charge on any atom is 0.332 e. The van der Waals surface area contributed by atoms with Gasteiger partial charge in [0.05, 0.1) is 17.7 Å². The van der Waals surface area contributed by atoms with Gasteiger partial charge < -0.3 is 21.5 Å². The van der Waals surface area contributed by atoms with Crippen LogP contribution >= 0.6 is 0 Å². The standard InChI is InChI=1S/C22H18F2N4O2.CH5N/c1-22(18(26)13-25)12-19(29)28(21(30)27(22)2)20-16(23)10-15(11-17(20)24)9-8-14-6-4-3-5-7-14;1-2/h3-7,10-11,13,25-26H,12H2,1-2H3;2H2,1H3/t22-;/m0./s1. The molecule has 0 aromatic heterocycles. The van der Waals surface area contributed by atoms with Crippen LogP contribution in [0.2, 0.25) is 0 Å². The molecule has 1 heterocycles. The summed E-state index contributed by atoms with van der Waals surface area (Å²) in [5.74, 6) is 2.37. The van der Waals surface area contributed by atoms with E-state index in [4.69, 9.17) is 10.8 Å². The number of rotatable bonds is 3. The van der Waals surface area contributed by atoms with E-state index in [1.54, 1.807) is 24.3 Å². The summed E-state index contributed by atoms with van der Waals surface area (Å²) in [6, 6.07) is 9.81. The van der Waals surface area contributed by atoms with Gasteiger partial charge in [-0.25, -0.2) is 18.5 Å². The Balaban J connectivity index is 0.00000176. The van der Waals surface area contributed by atoms with Crippen LogP contribution in [0.4, 0.5) is 19.3 Å². The lowest BCUT2D eigenvalue weighted by Gasteiger charge is -2.44. The van der Waals surface area contributed by atoms with Crippen molar-refractivity contribution in [2.24, 2.45) is 5.73 Å². The fourth-order valence-corrected chi connectivity index (χ4v) is 3.13. The van der Waals surface area contributed by atoms with Crippen molar-refractivity contribution in [2.75, 3.05) is 19.0 Å². The molecule has 1 saturated heterocycles. The number of hydrogen-bond acceptors (Lipinski definition) is 5. The van der Waals surface area contributed by atoms with Crippen LogP contribution in [0.5, 0.6) is 0 Å². The van der Waals surface area contributed by atoms with Crippen molar-refractivity contribution in [2.45, 2.75) is 18.9 Å². The zero-order valence-electron chi connectivity index (χ0n) is 17.9. The van der Waals surface area contributed by atoms with E-state index >= 15 is 0 Å². The number of halogens is 2. The predicted molar refractivity (Wildman–Crippen MR) is 119 cm³/mol. The van der Waals surface area contributed by atoms with Gasteiger partial charge in [-0.05, 0) is 38.2 Å². The minimum absolute atomic E-state index is 0.0540.